The van der Waals surface area contributed by atoms with Gasteiger partial charge in [0.2, 0.25) is 0 Å². The molecule has 5 heteroatoms. The van der Waals surface area contributed by atoms with E-state index in [-0.39, 0.29) is 10.6 Å². The third-order valence-corrected chi connectivity index (χ3v) is 4.86. The summed E-state index contributed by atoms with van der Waals surface area (Å²) in [6.07, 6.45) is 6.63. The molecular formula is C15H21BrN2O2. The first-order valence-corrected chi connectivity index (χ1v) is 8.03. The summed E-state index contributed by atoms with van der Waals surface area (Å²) in [6, 6.07) is 5.79. The molecule has 0 saturated heterocycles. The van der Waals surface area contributed by atoms with Crippen molar-refractivity contribution < 1.29 is 4.92 Å². The van der Waals surface area contributed by atoms with Crippen LogP contribution in [0.5, 0.6) is 0 Å². The second kappa shape index (κ2) is 7.18. The maximum atomic E-state index is 10.9. The molecule has 0 aromatic heterocycles. The minimum Gasteiger partial charge on any atom is -0.310 e. The van der Waals surface area contributed by atoms with Crippen molar-refractivity contribution in [3.8, 4) is 0 Å². The van der Waals surface area contributed by atoms with Crippen molar-refractivity contribution in [3.63, 3.8) is 0 Å². The Bertz CT molecular complexity index is 473. The summed E-state index contributed by atoms with van der Waals surface area (Å²) >= 11 is 3.21. The number of rotatable bonds is 5. The third-order valence-electron chi connectivity index (χ3n) is 4.19. The predicted octanol–water partition coefficient (Wildman–Crippen LogP) is 4.42. The average molecular weight is 341 g/mol. The maximum Gasteiger partial charge on any atom is 0.283 e. The molecule has 1 aliphatic rings. The van der Waals surface area contributed by atoms with E-state index < -0.39 is 0 Å². The summed E-state index contributed by atoms with van der Waals surface area (Å²) in [5.41, 5.74) is 1.09. The van der Waals surface area contributed by atoms with Crippen LogP contribution in [0.15, 0.2) is 22.7 Å². The topological polar surface area (TPSA) is 55.2 Å². The van der Waals surface area contributed by atoms with Crippen molar-refractivity contribution in [1.29, 1.82) is 0 Å². The lowest BCUT2D eigenvalue weighted by atomic mass is 9.84. The third kappa shape index (κ3) is 4.03. The van der Waals surface area contributed by atoms with Gasteiger partial charge in [0.1, 0.15) is 0 Å². The molecule has 0 amide bonds. The number of hydrogen-bond donors (Lipinski definition) is 1. The van der Waals surface area contributed by atoms with Crippen LogP contribution in [0, 0.1) is 16.0 Å². The second-order valence-corrected chi connectivity index (χ2v) is 6.46. The van der Waals surface area contributed by atoms with E-state index in [1.165, 1.54) is 32.1 Å². The lowest BCUT2D eigenvalue weighted by Crippen LogP contribution is -2.34. The molecule has 1 aromatic carbocycles. The average Bonchev–Trinajstić information content (AvgIpc) is 2.46. The Morgan fingerprint density at radius 3 is 2.75 bits per heavy atom. The smallest absolute Gasteiger partial charge is 0.283 e. The van der Waals surface area contributed by atoms with Gasteiger partial charge in [-0.3, -0.25) is 10.1 Å². The molecule has 4 nitrogen and oxygen atoms in total. The normalized spacial score (nSPS) is 17.9. The minimum absolute atomic E-state index is 0.134. The molecule has 0 bridgehead atoms. The zero-order valence-electron chi connectivity index (χ0n) is 11.8. The molecule has 1 aromatic rings. The molecule has 1 atom stereocenters. The molecule has 0 aliphatic heterocycles. The van der Waals surface area contributed by atoms with Gasteiger partial charge in [0.05, 0.1) is 9.40 Å². The number of halogens is 1. The number of nitrogens with one attached hydrogen (secondary N) is 1. The van der Waals surface area contributed by atoms with Crippen molar-refractivity contribution in [1.82, 2.24) is 5.32 Å². The monoisotopic (exact) mass is 340 g/mol. The molecule has 0 unspecified atom stereocenters. The molecule has 20 heavy (non-hydrogen) atoms. The Labute approximate surface area is 128 Å². The van der Waals surface area contributed by atoms with Crippen LogP contribution in [-0.2, 0) is 6.54 Å². The van der Waals surface area contributed by atoms with Gasteiger partial charge in [-0.15, -0.1) is 0 Å². The van der Waals surface area contributed by atoms with Gasteiger partial charge in [0.25, 0.3) is 5.69 Å². The summed E-state index contributed by atoms with van der Waals surface area (Å²) in [4.78, 5) is 10.6. The van der Waals surface area contributed by atoms with E-state index in [1.807, 2.05) is 6.07 Å². The van der Waals surface area contributed by atoms with Gasteiger partial charge in [-0.25, -0.2) is 0 Å². The summed E-state index contributed by atoms with van der Waals surface area (Å²) in [5.74, 6) is 0.745. The zero-order chi connectivity index (χ0) is 14.5. The van der Waals surface area contributed by atoms with E-state index in [0.29, 0.717) is 17.1 Å². The van der Waals surface area contributed by atoms with Crippen LogP contribution in [0.1, 0.15) is 44.6 Å². The van der Waals surface area contributed by atoms with E-state index in [4.69, 9.17) is 0 Å². The summed E-state index contributed by atoms with van der Waals surface area (Å²) in [5, 5.41) is 14.4. The highest BCUT2D eigenvalue weighted by atomic mass is 79.9. The number of hydrogen-bond acceptors (Lipinski definition) is 3. The fourth-order valence-electron chi connectivity index (χ4n) is 2.89. The van der Waals surface area contributed by atoms with Crippen LogP contribution in [0.3, 0.4) is 0 Å². The van der Waals surface area contributed by atoms with Crippen molar-refractivity contribution in [2.45, 2.75) is 51.6 Å². The Kier molecular flexibility index (Phi) is 5.54. The lowest BCUT2D eigenvalue weighted by Gasteiger charge is -2.28. The first-order valence-electron chi connectivity index (χ1n) is 7.24. The van der Waals surface area contributed by atoms with Crippen molar-refractivity contribution in [2.24, 2.45) is 5.92 Å². The Morgan fingerprint density at radius 1 is 1.40 bits per heavy atom. The van der Waals surface area contributed by atoms with Gasteiger partial charge in [-0.2, -0.15) is 0 Å². The van der Waals surface area contributed by atoms with E-state index in [9.17, 15) is 10.1 Å². The number of nitro benzene ring substituents is 1. The van der Waals surface area contributed by atoms with Crippen LogP contribution >= 0.6 is 15.9 Å². The van der Waals surface area contributed by atoms with Crippen molar-refractivity contribution in [3.05, 3.63) is 38.3 Å². The molecule has 1 fully saturated rings. The largest absolute Gasteiger partial charge is 0.310 e. The quantitative estimate of drug-likeness (QED) is 0.637. The fourth-order valence-corrected chi connectivity index (χ4v) is 3.28. The predicted molar refractivity (Wildman–Crippen MR) is 83.7 cm³/mol. The van der Waals surface area contributed by atoms with Gasteiger partial charge >= 0.3 is 0 Å². The van der Waals surface area contributed by atoms with E-state index >= 15 is 0 Å². The highest BCUT2D eigenvalue weighted by Crippen LogP contribution is 2.27. The van der Waals surface area contributed by atoms with Gasteiger partial charge in [0, 0.05) is 18.7 Å². The van der Waals surface area contributed by atoms with Crippen LogP contribution in [-0.4, -0.2) is 11.0 Å². The molecule has 1 saturated carbocycles. The standard InChI is InChI=1S/C15H21BrN2O2/c1-11(13-5-3-2-4-6-13)17-10-12-7-8-14(16)15(9-12)18(19)20/h7-9,11,13,17H,2-6,10H2,1H3/t11-/m1/s1. The van der Waals surface area contributed by atoms with Gasteiger partial charge < -0.3 is 5.32 Å². The van der Waals surface area contributed by atoms with Gasteiger partial charge in [-0.1, -0.05) is 25.3 Å². The van der Waals surface area contributed by atoms with Crippen LogP contribution in [0.4, 0.5) is 5.69 Å². The van der Waals surface area contributed by atoms with Gasteiger partial charge in [0.15, 0.2) is 0 Å². The van der Waals surface area contributed by atoms with Crippen molar-refractivity contribution >= 4 is 21.6 Å². The first kappa shape index (κ1) is 15.4. The molecule has 2 rings (SSSR count). The maximum absolute atomic E-state index is 10.9. The van der Waals surface area contributed by atoms with Crippen LogP contribution in [0.25, 0.3) is 0 Å². The Balaban J connectivity index is 1.93. The fraction of sp³-hybridized carbons (Fsp3) is 0.600. The van der Waals surface area contributed by atoms with Crippen molar-refractivity contribution in [2.75, 3.05) is 0 Å². The molecular weight excluding hydrogens is 320 g/mol. The number of benzene rings is 1. The SMILES string of the molecule is C[C@@H](NCc1ccc(Br)c([N+](=O)[O-])c1)C1CCCCC1. The van der Waals surface area contributed by atoms with E-state index in [0.717, 1.165) is 11.5 Å². The molecule has 110 valence electrons. The highest BCUT2D eigenvalue weighted by molar-refractivity contribution is 9.10. The molecule has 0 radical (unpaired) electrons. The Morgan fingerprint density at radius 2 is 2.10 bits per heavy atom. The molecule has 0 spiro atoms. The summed E-state index contributed by atoms with van der Waals surface area (Å²) < 4.78 is 0.534. The van der Waals surface area contributed by atoms with Crippen LogP contribution in [0.2, 0.25) is 0 Å². The summed E-state index contributed by atoms with van der Waals surface area (Å²) in [6.45, 7) is 2.91. The molecule has 1 aliphatic carbocycles. The Hall–Kier alpha value is -0.940. The highest BCUT2D eigenvalue weighted by Gasteiger charge is 2.20. The van der Waals surface area contributed by atoms with E-state index in [2.05, 4.69) is 28.2 Å². The second-order valence-electron chi connectivity index (χ2n) is 5.61. The zero-order valence-corrected chi connectivity index (χ0v) is 13.4. The van der Waals surface area contributed by atoms with E-state index in [1.54, 1.807) is 12.1 Å². The van der Waals surface area contributed by atoms with Gasteiger partial charge in [-0.05, 0) is 53.2 Å². The number of nitrogens with zero attached hydrogens (tertiary/aromatic N) is 1. The number of nitro groups is 1. The summed E-state index contributed by atoms with van der Waals surface area (Å²) in [7, 11) is 0. The van der Waals surface area contributed by atoms with Crippen LogP contribution < -0.4 is 5.32 Å². The lowest BCUT2D eigenvalue weighted by molar-refractivity contribution is -0.385. The molecule has 1 N–H and O–H groups in total. The molecule has 0 heterocycles. The first-order chi connectivity index (χ1) is 9.58. The minimum atomic E-state index is -0.349.